The minimum Gasteiger partial charge on any atom is -0.349 e. The molecule has 1 aromatic carbocycles. The van der Waals surface area contributed by atoms with Crippen molar-refractivity contribution in [2.75, 3.05) is 6.54 Å². The fourth-order valence-electron chi connectivity index (χ4n) is 2.16. The number of halogens is 1. The molecule has 0 aliphatic heterocycles. The van der Waals surface area contributed by atoms with Gasteiger partial charge in [-0.3, -0.25) is 0 Å². The zero-order valence-corrected chi connectivity index (χ0v) is 12.8. The first-order valence-corrected chi connectivity index (χ1v) is 7.56. The van der Waals surface area contributed by atoms with Gasteiger partial charge < -0.3 is 10.3 Å². The minimum atomic E-state index is 0.435. The van der Waals surface area contributed by atoms with E-state index in [1.54, 1.807) is 6.20 Å². The standard InChI is InChI=1S/C15H20BrN3/c1-2-14(12-5-7-13(16)8-6-12)17-9-3-4-15-18-10-11-19-15/h5-8,10-11,14,17H,2-4,9H2,1H3,(H,18,19). The number of rotatable bonds is 7. The van der Waals surface area contributed by atoms with E-state index >= 15 is 0 Å². The average Bonchev–Trinajstić information content (AvgIpc) is 2.93. The number of H-pyrrole nitrogens is 1. The van der Waals surface area contributed by atoms with E-state index < -0.39 is 0 Å². The maximum absolute atomic E-state index is 4.23. The molecule has 2 rings (SSSR count). The van der Waals surface area contributed by atoms with Crippen LogP contribution in [0.15, 0.2) is 41.1 Å². The van der Waals surface area contributed by atoms with Crippen molar-refractivity contribution in [3.8, 4) is 0 Å². The van der Waals surface area contributed by atoms with Crippen LogP contribution in [0.25, 0.3) is 0 Å². The van der Waals surface area contributed by atoms with Crippen molar-refractivity contribution in [3.63, 3.8) is 0 Å². The molecule has 0 radical (unpaired) electrons. The van der Waals surface area contributed by atoms with Crippen LogP contribution in [0.2, 0.25) is 0 Å². The van der Waals surface area contributed by atoms with Gasteiger partial charge in [-0.1, -0.05) is 35.0 Å². The molecule has 2 aromatic rings. The zero-order chi connectivity index (χ0) is 13.5. The number of nitrogens with one attached hydrogen (secondary N) is 2. The highest BCUT2D eigenvalue weighted by Crippen LogP contribution is 2.19. The average molecular weight is 322 g/mol. The van der Waals surface area contributed by atoms with Gasteiger partial charge in [0.25, 0.3) is 0 Å². The lowest BCUT2D eigenvalue weighted by atomic mass is 10.0. The van der Waals surface area contributed by atoms with Crippen LogP contribution < -0.4 is 5.32 Å². The van der Waals surface area contributed by atoms with E-state index in [2.05, 4.69) is 62.4 Å². The molecule has 19 heavy (non-hydrogen) atoms. The Kier molecular flexibility index (Phi) is 5.61. The van der Waals surface area contributed by atoms with Gasteiger partial charge in [-0.05, 0) is 37.1 Å². The van der Waals surface area contributed by atoms with Crippen molar-refractivity contribution < 1.29 is 0 Å². The number of nitrogens with zero attached hydrogens (tertiary/aromatic N) is 1. The normalized spacial score (nSPS) is 12.5. The Bertz CT molecular complexity index is 465. The molecular formula is C15H20BrN3. The van der Waals surface area contributed by atoms with Crippen LogP contribution in [0, 0.1) is 0 Å². The summed E-state index contributed by atoms with van der Waals surface area (Å²) in [4.78, 5) is 7.37. The molecule has 1 unspecified atom stereocenters. The van der Waals surface area contributed by atoms with E-state index in [0.717, 1.165) is 36.1 Å². The molecule has 1 aromatic heterocycles. The van der Waals surface area contributed by atoms with Gasteiger partial charge in [0.05, 0.1) is 0 Å². The van der Waals surface area contributed by atoms with E-state index in [4.69, 9.17) is 0 Å². The lowest BCUT2D eigenvalue weighted by molar-refractivity contribution is 0.508. The first kappa shape index (κ1) is 14.3. The summed E-state index contributed by atoms with van der Waals surface area (Å²) < 4.78 is 1.13. The largest absolute Gasteiger partial charge is 0.349 e. The van der Waals surface area contributed by atoms with E-state index in [1.807, 2.05) is 6.20 Å². The third kappa shape index (κ3) is 4.48. The summed E-state index contributed by atoms with van der Waals surface area (Å²) in [7, 11) is 0. The quantitative estimate of drug-likeness (QED) is 0.760. The second-order valence-corrected chi connectivity index (χ2v) is 5.52. The van der Waals surface area contributed by atoms with Gasteiger partial charge in [0, 0.05) is 29.3 Å². The first-order chi connectivity index (χ1) is 9.29. The van der Waals surface area contributed by atoms with Crippen molar-refractivity contribution in [2.24, 2.45) is 0 Å². The van der Waals surface area contributed by atoms with Gasteiger partial charge in [0.15, 0.2) is 0 Å². The molecule has 1 atom stereocenters. The van der Waals surface area contributed by atoms with Gasteiger partial charge in [0.1, 0.15) is 5.82 Å². The van der Waals surface area contributed by atoms with Gasteiger partial charge in [-0.2, -0.15) is 0 Å². The van der Waals surface area contributed by atoms with Gasteiger partial charge in [-0.15, -0.1) is 0 Å². The third-order valence-corrected chi connectivity index (χ3v) is 3.75. The summed E-state index contributed by atoms with van der Waals surface area (Å²) in [6, 6.07) is 8.99. The Morgan fingerprint density at radius 2 is 2.11 bits per heavy atom. The fourth-order valence-corrected chi connectivity index (χ4v) is 2.42. The molecular weight excluding hydrogens is 302 g/mol. The van der Waals surface area contributed by atoms with E-state index in [9.17, 15) is 0 Å². The molecule has 0 saturated heterocycles. The van der Waals surface area contributed by atoms with Crippen LogP contribution in [0.5, 0.6) is 0 Å². The number of hydrogen-bond donors (Lipinski definition) is 2. The lowest BCUT2D eigenvalue weighted by Gasteiger charge is -2.17. The van der Waals surface area contributed by atoms with Crippen molar-refractivity contribution >= 4 is 15.9 Å². The summed E-state index contributed by atoms with van der Waals surface area (Å²) in [5, 5.41) is 3.61. The highest BCUT2D eigenvalue weighted by Gasteiger charge is 2.07. The van der Waals surface area contributed by atoms with Gasteiger partial charge >= 0.3 is 0 Å². The van der Waals surface area contributed by atoms with E-state index in [1.165, 1.54) is 5.56 Å². The van der Waals surface area contributed by atoms with Crippen molar-refractivity contribution in [1.29, 1.82) is 0 Å². The zero-order valence-electron chi connectivity index (χ0n) is 11.2. The predicted molar refractivity (Wildman–Crippen MR) is 82.1 cm³/mol. The monoisotopic (exact) mass is 321 g/mol. The Morgan fingerprint density at radius 3 is 2.74 bits per heavy atom. The molecule has 0 spiro atoms. The van der Waals surface area contributed by atoms with Crippen molar-refractivity contribution in [3.05, 3.63) is 52.5 Å². The topological polar surface area (TPSA) is 40.7 Å². The molecule has 0 fully saturated rings. The SMILES string of the molecule is CCC(NCCCc1ncc[nH]1)c1ccc(Br)cc1. The molecule has 4 heteroatoms. The summed E-state index contributed by atoms with van der Waals surface area (Å²) in [6.07, 6.45) is 6.87. The van der Waals surface area contributed by atoms with E-state index in [0.29, 0.717) is 6.04 Å². The molecule has 3 nitrogen and oxygen atoms in total. The summed E-state index contributed by atoms with van der Waals surface area (Å²) >= 11 is 3.47. The molecule has 0 amide bonds. The Balaban J connectivity index is 1.77. The van der Waals surface area contributed by atoms with Crippen LogP contribution in [0.4, 0.5) is 0 Å². The number of benzene rings is 1. The number of imidazole rings is 1. The molecule has 0 aliphatic rings. The maximum Gasteiger partial charge on any atom is 0.106 e. The van der Waals surface area contributed by atoms with Gasteiger partial charge in [-0.25, -0.2) is 4.98 Å². The summed E-state index contributed by atoms with van der Waals surface area (Å²) in [5.74, 6) is 1.07. The Labute approximate surface area is 123 Å². The van der Waals surface area contributed by atoms with E-state index in [-0.39, 0.29) is 0 Å². The molecule has 0 aliphatic carbocycles. The number of aromatic nitrogens is 2. The number of hydrogen-bond acceptors (Lipinski definition) is 2. The number of aryl methyl sites for hydroxylation is 1. The summed E-state index contributed by atoms with van der Waals surface area (Å²) in [5.41, 5.74) is 1.35. The van der Waals surface area contributed by atoms with Crippen molar-refractivity contribution in [1.82, 2.24) is 15.3 Å². The Hall–Kier alpha value is -1.13. The minimum absolute atomic E-state index is 0.435. The third-order valence-electron chi connectivity index (χ3n) is 3.22. The maximum atomic E-state index is 4.23. The predicted octanol–water partition coefficient (Wildman–Crippen LogP) is 3.85. The van der Waals surface area contributed by atoms with Gasteiger partial charge in [0.2, 0.25) is 0 Å². The molecule has 2 N–H and O–H groups in total. The molecule has 0 saturated carbocycles. The smallest absolute Gasteiger partial charge is 0.106 e. The molecule has 102 valence electrons. The highest BCUT2D eigenvalue weighted by molar-refractivity contribution is 9.10. The fraction of sp³-hybridized carbons (Fsp3) is 0.400. The second-order valence-electron chi connectivity index (χ2n) is 4.61. The molecule has 1 heterocycles. The summed E-state index contributed by atoms with van der Waals surface area (Å²) in [6.45, 7) is 3.22. The lowest BCUT2D eigenvalue weighted by Crippen LogP contribution is -2.22. The van der Waals surface area contributed by atoms with Crippen LogP contribution in [0.3, 0.4) is 0 Å². The van der Waals surface area contributed by atoms with Crippen LogP contribution in [-0.4, -0.2) is 16.5 Å². The molecule has 0 bridgehead atoms. The van der Waals surface area contributed by atoms with Crippen LogP contribution in [0.1, 0.15) is 37.2 Å². The number of aromatic amines is 1. The Morgan fingerprint density at radius 1 is 1.32 bits per heavy atom. The van der Waals surface area contributed by atoms with Crippen LogP contribution in [-0.2, 0) is 6.42 Å². The highest BCUT2D eigenvalue weighted by atomic mass is 79.9. The van der Waals surface area contributed by atoms with Crippen molar-refractivity contribution in [2.45, 2.75) is 32.2 Å². The first-order valence-electron chi connectivity index (χ1n) is 6.76. The second kappa shape index (κ2) is 7.46. The van der Waals surface area contributed by atoms with Crippen LogP contribution >= 0.6 is 15.9 Å².